The van der Waals surface area contributed by atoms with Gasteiger partial charge in [-0.2, -0.15) is 0 Å². The molecular formula is C16H25N3O2S. The molecule has 0 radical (unpaired) electrons. The molecule has 1 aromatic heterocycles. The fourth-order valence-electron chi connectivity index (χ4n) is 4.33. The second kappa shape index (κ2) is 6.62. The van der Waals surface area contributed by atoms with Gasteiger partial charge in [0.05, 0.1) is 12.3 Å². The van der Waals surface area contributed by atoms with Crippen LogP contribution in [0.3, 0.4) is 0 Å². The summed E-state index contributed by atoms with van der Waals surface area (Å²) in [5.74, 6) is 0.100. The molecule has 2 atom stereocenters. The molecule has 1 heterocycles. The molecular weight excluding hydrogens is 298 g/mol. The molecule has 22 heavy (non-hydrogen) atoms. The van der Waals surface area contributed by atoms with E-state index in [2.05, 4.69) is 28.3 Å². The number of aromatic nitrogens is 2. The highest BCUT2D eigenvalue weighted by Crippen LogP contribution is 2.56. The number of hydrogen-bond donors (Lipinski definition) is 0. The van der Waals surface area contributed by atoms with E-state index in [-0.39, 0.29) is 11.3 Å². The molecule has 0 aliphatic heterocycles. The van der Waals surface area contributed by atoms with Gasteiger partial charge in [0, 0.05) is 24.6 Å². The molecule has 0 N–H and O–H groups in total. The van der Waals surface area contributed by atoms with Gasteiger partial charge in [0.25, 0.3) is 5.91 Å². The van der Waals surface area contributed by atoms with Crippen LogP contribution in [0.25, 0.3) is 0 Å². The Labute approximate surface area is 136 Å². The van der Waals surface area contributed by atoms with Crippen LogP contribution in [0.15, 0.2) is 6.20 Å². The molecule has 1 aromatic rings. The summed E-state index contributed by atoms with van der Waals surface area (Å²) in [5, 5.41) is 3.82. The van der Waals surface area contributed by atoms with E-state index < -0.39 is 0 Å². The van der Waals surface area contributed by atoms with E-state index in [9.17, 15) is 4.79 Å². The van der Waals surface area contributed by atoms with E-state index in [0.717, 1.165) is 26.0 Å². The van der Waals surface area contributed by atoms with Crippen molar-refractivity contribution in [2.75, 3.05) is 13.2 Å². The predicted octanol–water partition coefficient (Wildman–Crippen LogP) is 3.13. The van der Waals surface area contributed by atoms with Crippen molar-refractivity contribution in [3.8, 4) is 0 Å². The molecule has 2 unspecified atom stereocenters. The number of rotatable bonds is 6. The molecule has 5 nitrogen and oxygen atoms in total. The molecule has 2 saturated carbocycles. The minimum Gasteiger partial charge on any atom is -0.378 e. The molecule has 1 amide bonds. The van der Waals surface area contributed by atoms with Crippen molar-refractivity contribution in [2.24, 2.45) is 5.41 Å². The van der Waals surface area contributed by atoms with Crippen molar-refractivity contribution < 1.29 is 9.53 Å². The maximum atomic E-state index is 12.9. The number of carbonyl (C=O) groups excluding carboxylic acids is 1. The van der Waals surface area contributed by atoms with E-state index in [0.29, 0.717) is 17.0 Å². The normalized spacial score (nSPS) is 26.1. The van der Waals surface area contributed by atoms with Gasteiger partial charge in [0.15, 0.2) is 0 Å². The monoisotopic (exact) mass is 323 g/mol. The maximum Gasteiger partial charge on any atom is 0.267 e. The molecule has 2 aliphatic carbocycles. The highest BCUT2D eigenvalue weighted by Gasteiger charge is 2.59. The van der Waals surface area contributed by atoms with Crippen LogP contribution in [0.4, 0.5) is 0 Å². The minimum atomic E-state index is 0.100. The second-order valence-corrected chi connectivity index (χ2v) is 7.20. The van der Waals surface area contributed by atoms with Gasteiger partial charge in [-0.1, -0.05) is 24.3 Å². The SMILES string of the molecule is CCCN(C(=O)c1cnns1)C1CC(OCC)C12CCCC2. The van der Waals surface area contributed by atoms with Crippen LogP contribution in [-0.2, 0) is 4.74 Å². The fourth-order valence-corrected chi connectivity index (χ4v) is 4.80. The first-order valence-electron chi connectivity index (χ1n) is 8.43. The topological polar surface area (TPSA) is 55.3 Å². The number of carbonyl (C=O) groups is 1. The van der Waals surface area contributed by atoms with Crippen molar-refractivity contribution in [1.82, 2.24) is 14.5 Å². The molecule has 3 rings (SSSR count). The van der Waals surface area contributed by atoms with Crippen LogP contribution in [0.1, 0.15) is 62.0 Å². The van der Waals surface area contributed by atoms with E-state index in [1.54, 1.807) is 6.20 Å². The highest BCUT2D eigenvalue weighted by molar-refractivity contribution is 7.07. The lowest BCUT2D eigenvalue weighted by molar-refractivity contribution is -0.156. The molecule has 2 aliphatic rings. The Balaban J connectivity index is 1.81. The van der Waals surface area contributed by atoms with Crippen LogP contribution >= 0.6 is 11.5 Å². The summed E-state index contributed by atoms with van der Waals surface area (Å²) in [4.78, 5) is 15.6. The third-order valence-corrected chi connectivity index (χ3v) is 5.97. The van der Waals surface area contributed by atoms with Crippen LogP contribution < -0.4 is 0 Å². The van der Waals surface area contributed by atoms with Gasteiger partial charge in [-0.05, 0) is 44.1 Å². The molecule has 6 heteroatoms. The number of nitrogens with zero attached hydrogens (tertiary/aromatic N) is 3. The first kappa shape index (κ1) is 15.9. The summed E-state index contributed by atoms with van der Waals surface area (Å²) in [7, 11) is 0. The first-order valence-corrected chi connectivity index (χ1v) is 9.20. The summed E-state index contributed by atoms with van der Waals surface area (Å²) in [5.41, 5.74) is 0.193. The lowest BCUT2D eigenvalue weighted by Crippen LogP contribution is -2.65. The van der Waals surface area contributed by atoms with E-state index in [1.165, 1.54) is 37.2 Å². The first-order chi connectivity index (χ1) is 10.7. The zero-order valence-electron chi connectivity index (χ0n) is 13.5. The number of hydrogen-bond acceptors (Lipinski definition) is 5. The van der Waals surface area contributed by atoms with Gasteiger partial charge in [0.2, 0.25) is 0 Å². The van der Waals surface area contributed by atoms with Gasteiger partial charge in [-0.15, -0.1) is 5.10 Å². The summed E-state index contributed by atoms with van der Waals surface area (Å²) in [6, 6.07) is 0.320. The van der Waals surface area contributed by atoms with Crippen LogP contribution in [-0.4, -0.2) is 45.7 Å². The Bertz CT molecular complexity index is 499. The fraction of sp³-hybridized carbons (Fsp3) is 0.812. The Hall–Kier alpha value is -1.01. The van der Waals surface area contributed by atoms with Gasteiger partial charge in [-0.3, -0.25) is 4.79 Å². The van der Waals surface area contributed by atoms with E-state index in [1.807, 2.05) is 0 Å². The molecule has 2 fully saturated rings. The van der Waals surface area contributed by atoms with Crippen molar-refractivity contribution in [1.29, 1.82) is 0 Å². The van der Waals surface area contributed by atoms with Crippen LogP contribution in [0.2, 0.25) is 0 Å². The Morgan fingerprint density at radius 2 is 2.23 bits per heavy atom. The van der Waals surface area contributed by atoms with E-state index in [4.69, 9.17) is 4.74 Å². The van der Waals surface area contributed by atoms with Crippen LogP contribution in [0, 0.1) is 5.41 Å². The van der Waals surface area contributed by atoms with Gasteiger partial charge in [-0.25, -0.2) is 0 Å². The zero-order chi connectivity index (χ0) is 15.6. The van der Waals surface area contributed by atoms with Crippen molar-refractivity contribution in [3.05, 3.63) is 11.1 Å². The second-order valence-electron chi connectivity index (χ2n) is 6.42. The van der Waals surface area contributed by atoms with Gasteiger partial charge in [0.1, 0.15) is 4.88 Å². The number of amides is 1. The predicted molar refractivity (Wildman–Crippen MR) is 86.0 cm³/mol. The van der Waals surface area contributed by atoms with E-state index >= 15 is 0 Å². The zero-order valence-corrected chi connectivity index (χ0v) is 14.3. The quantitative estimate of drug-likeness (QED) is 0.807. The molecule has 0 bridgehead atoms. The van der Waals surface area contributed by atoms with Crippen LogP contribution in [0.5, 0.6) is 0 Å². The molecule has 1 spiro atoms. The van der Waals surface area contributed by atoms with Gasteiger partial charge >= 0.3 is 0 Å². The Kier molecular flexibility index (Phi) is 4.78. The lowest BCUT2D eigenvalue weighted by atomic mass is 9.59. The molecule has 0 aromatic carbocycles. The standard InChI is InChI=1S/C16H25N3O2S/c1-3-9-19(15(20)12-11-17-18-22-12)13-10-14(21-4-2)16(13)7-5-6-8-16/h11,13-14H,3-10H2,1-2H3. The average Bonchev–Trinajstić information content (AvgIpc) is 3.21. The van der Waals surface area contributed by atoms with Crippen molar-refractivity contribution >= 4 is 17.4 Å². The average molecular weight is 323 g/mol. The highest BCUT2D eigenvalue weighted by atomic mass is 32.1. The van der Waals surface area contributed by atoms with Gasteiger partial charge < -0.3 is 9.64 Å². The summed E-state index contributed by atoms with van der Waals surface area (Å²) >= 11 is 1.20. The molecule has 122 valence electrons. The summed E-state index contributed by atoms with van der Waals surface area (Å²) in [6.45, 7) is 5.76. The third-order valence-electron chi connectivity index (χ3n) is 5.32. The minimum absolute atomic E-state index is 0.100. The third kappa shape index (κ3) is 2.56. The lowest BCUT2D eigenvalue weighted by Gasteiger charge is -2.57. The molecule has 0 saturated heterocycles. The Morgan fingerprint density at radius 3 is 2.82 bits per heavy atom. The summed E-state index contributed by atoms with van der Waals surface area (Å²) in [6.07, 6.45) is 8.78. The Morgan fingerprint density at radius 1 is 1.45 bits per heavy atom. The van der Waals surface area contributed by atoms with Crippen molar-refractivity contribution in [2.45, 2.75) is 64.5 Å². The smallest absolute Gasteiger partial charge is 0.267 e. The summed E-state index contributed by atoms with van der Waals surface area (Å²) < 4.78 is 9.83. The van der Waals surface area contributed by atoms with Crippen molar-refractivity contribution in [3.63, 3.8) is 0 Å². The maximum absolute atomic E-state index is 12.9. The largest absolute Gasteiger partial charge is 0.378 e. The number of ether oxygens (including phenoxy) is 1.